The quantitative estimate of drug-likeness (QED) is 0.792. The highest BCUT2D eigenvalue weighted by Gasteiger charge is 2.43. The van der Waals surface area contributed by atoms with E-state index in [2.05, 4.69) is 10.3 Å². The standard InChI is InChI=1S/C17H22N4O3/c1-3-24-16(23)17(8-4-5-9-17)20-15(22)12-21(2)14-7-6-13(10-18)11-19-14/h6-7,11H,3-5,8-9,12H2,1-2H3,(H,20,22). The van der Waals surface area contributed by atoms with E-state index in [0.717, 1.165) is 12.8 Å². The van der Waals surface area contributed by atoms with Crippen LogP contribution in [0.1, 0.15) is 38.2 Å². The Morgan fingerprint density at radius 3 is 2.67 bits per heavy atom. The molecule has 2 rings (SSSR count). The van der Waals surface area contributed by atoms with Gasteiger partial charge in [0.05, 0.1) is 18.7 Å². The van der Waals surface area contributed by atoms with E-state index in [1.54, 1.807) is 31.0 Å². The van der Waals surface area contributed by atoms with Crippen LogP contribution in [0.15, 0.2) is 18.3 Å². The molecule has 1 fully saturated rings. The molecule has 1 saturated carbocycles. The molecule has 1 aromatic heterocycles. The first-order chi connectivity index (χ1) is 11.5. The van der Waals surface area contributed by atoms with Crippen molar-refractivity contribution in [3.05, 3.63) is 23.9 Å². The Morgan fingerprint density at radius 1 is 1.42 bits per heavy atom. The van der Waals surface area contributed by atoms with Crippen LogP contribution in [-0.4, -0.2) is 42.6 Å². The molecule has 0 unspecified atom stereocenters. The average molecular weight is 330 g/mol. The molecule has 0 spiro atoms. The lowest BCUT2D eigenvalue weighted by Crippen LogP contribution is -2.55. The van der Waals surface area contributed by atoms with Gasteiger partial charge in [-0.1, -0.05) is 12.8 Å². The number of nitrogens with one attached hydrogen (secondary N) is 1. The van der Waals surface area contributed by atoms with E-state index < -0.39 is 5.54 Å². The molecule has 1 aliphatic carbocycles. The number of carbonyl (C=O) groups excluding carboxylic acids is 2. The topological polar surface area (TPSA) is 95.3 Å². The number of hydrogen-bond donors (Lipinski definition) is 1. The lowest BCUT2D eigenvalue weighted by molar-refractivity contribution is -0.153. The van der Waals surface area contributed by atoms with Gasteiger partial charge in [0.15, 0.2) is 0 Å². The second-order valence-electron chi connectivity index (χ2n) is 5.93. The zero-order valence-electron chi connectivity index (χ0n) is 14.0. The number of pyridine rings is 1. The number of ether oxygens (including phenoxy) is 1. The number of rotatable bonds is 6. The highest BCUT2D eigenvalue weighted by molar-refractivity contribution is 5.90. The second kappa shape index (κ2) is 7.77. The number of esters is 1. The molecule has 0 aromatic carbocycles. The molecule has 0 atom stereocenters. The Balaban J connectivity index is 2.00. The molecule has 0 bridgehead atoms. The first-order valence-electron chi connectivity index (χ1n) is 8.06. The van der Waals surface area contributed by atoms with Crippen LogP contribution >= 0.6 is 0 Å². The summed E-state index contributed by atoms with van der Waals surface area (Å²) in [6, 6.07) is 5.33. The van der Waals surface area contributed by atoms with Crippen molar-refractivity contribution in [2.45, 2.75) is 38.1 Å². The minimum atomic E-state index is -0.897. The van der Waals surface area contributed by atoms with Gasteiger partial charge in [0, 0.05) is 13.2 Å². The van der Waals surface area contributed by atoms with Gasteiger partial charge in [-0.15, -0.1) is 0 Å². The normalized spacial score (nSPS) is 15.4. The number of nitriles is 1. The number of likely N-dealkylation sites (N-methyl/N-ethyl adjacent to an activating group) is 1. The highest BCUT2D eigenvalue weighted by atomic mass is 16.5. The van der Waals surface area contributed by atoms with E-state index in [1.165, 1.54) is 6.20 Å². The first kappa shape index (κ1) is 17.7. The molecular formula is C17H22N4O3. The van der Waals surface area contributed by atoms with Gasteiger partial charge in [0.25, 0.3) is 0 Å². The molecule has 1 aliphatic rings. The molecule has 7 heteroatoms. The average Bonchev–Trinajstić information content (AvgIpc) is 3.04. The Morgan fingerprint density at radius 2 is 2.12 bits per heavy atom. The van der Waals surface area contributed by atoms with Crippen molar-refractivity contribution in [3.8, 4) is 6.07 Å². The van der Waals surface area contributed by atoms with Gasteiger partial charge < -0.3 is 15.0 Å². The number of amides is 1. The largest absolute Gasteiger partial charge is 0.464 e. The summed E-state index contributed by atoms with van der Waals surface area (Å²) >= 11 is 0. The minimum Gasteiger partial charge on any atom is -0.464 e. The van der Waals surface area contributed by atoms with Gasteiger partial charge >= 0.3 is 5.97 Å². The van der Waals surface area contributed by atoms with Gasteiger partial charge in [-0.05, 0) is 31.9 Å². The van der Waals surface area contributed by atoms with E-state index in [9.17, 15) is 9.59 Å². The van der Waals surface area contributed by atoms with Gasteiger partial charge in [-0.3, -0.25) is 4.79 Å². The van der Waals surface area contributed by atoms with Crippen LogP contribution in [0.2, 0.25) is 0 Å². The summed E-state index contributed by atoms with van der Waals surface area (Å²) in [5, 5.41) is 11.6. The van der Waals surface area contributed by atoms with Crippen molar-refractivity contribution in [2.75, 3.05) is 25.1 Å². The van der Waals surface area contributed by atoms with Gasteiger partial charge in [0.2, 0.25) is 5.91 Å². The maximum atomic E-state index is 12.4. The summed E-state index contributed by atoms with van der Waals surface area (Å²) in [5.74, 6) is -0.0191. The van der Waals surface area contributed by atoms with Crippen LogP contribution in [0, 0.1) is 11.3 Å². The van der Waals surface area contributed by atoms with Crippen LogP contribution in [0.5, 0.6) is 0 Å². The van der Waals surface area contributed by atoms with Crippen molar-refractivity contribution in [1.29, 1.82) is 5.26 Å². The van der Waals surface area contributed by atoms with E-state index in [0.29, 0.717) is 30.8 Å². The Kier molecular flexibility index (Phi) is 5.74. The van der Waals surface area contributed by atoms with E-state index in [4.69, 9.17) is 10.00 Å². The number of hydrogen-bond acceptors (Lipinski definition) is 6. The summed E-state index contributed by atoms with van der Waals surface area (Å²) in [5.41, 5.74) is -0.435. The van der Waals surface area contributed by atoms with Crippen LogP contribution in [0.25, 0.3) is 0 Å². The fourth-order valence-electron chi connectivity index (χ4n) is 2.91. The maximum Gasteiger partial charge on any atom is 0.331 e. The fraction of sp³-hybridized carbons (Fsp3) is 0.529. The van der Waals surface area contributed by atoms with Crippen molar-refractivity contribution in [1.82, 2.24) is 10.3 Å². The number of anilines is 1. The third-order valence-electron chi connectivity index (χ3n) is 4.15. The minimum absolute atomic E-state index is 0.0695. The molecule has 1 heterocycles. The smallest absolute Gasteiger partial charge is 0.331 e. The van der Waals surface area contributed by atoms with Crippen LogP contribution in [-0.2, 0) is 14.3 Å². The fourth-order valence-corrected chi connectivity index (χ4v) is 2.91. The molecule has 24 heavy (non-hydrogen) atoms. The molecule has 0 saturated heterocycles. The molecule has 128 valence electrons. The van der Waals surface area contributed by atoms with E-state index >= 15 is 0 Å². The Hall–Kier alpha value is -2.62. The third kappa shape index (κ3) is 4.02. The van der Waals surface area contributed by atoms with Crippen molar-refractivity contribution in [2.24, 2.45) is 0 Å². The summed E-state index contributed by atoms with van der Waals surface area (Å²) < 4.78 is 5.13. The Labute approximate surface area is 141 Å². The van der Waals surface area contributed by atoms with Crippen LogP contribution < -0.4 is 10.2 Å². The zero-order chi connectivity index (χ0) is 17.6. The third-order valence-corrected chi connectivity index (χ3v) is 4.15. The molecule has 0 radical (unpaired) electrons. The molecular weight excluding hydrogens is 308 g/mol. The monoisotopic (exact) mass is 330 g/mol. The van der Waals surface area contributed by atoms with Crippen LogP contribution in [0.3, 0.4) is 0 Å². The zero-order valence-corrected chi connectivity index (χ0v) is 14.0. The first-order valence-corrected chi connectivity index (χ1v) is 8.06. The Bertz CT molecular complexity index is 630. The predicted octanol–water partition coefficient (Wildman–Crippen LogP) is 1.38. The SMILES string of the molecule is CCOC(=O)C1(NC(=O)CN(C)c2ccc(C#N)cn2)CCCC1. The summed E-state index contributed by atoms with van der Waals surface area (Å²) in [7, 11) is 1.74. The molecule has 1 N–H and O–H groups in total. The van der Waals surface area contributed by atoms with Crippen molar-refractivity contribution >= 4 is 17.7 Å². The molecule has 1 aromatic rings. The number of nitrogens with zero attached hydrogens (tertiary/aromatic N) is 3. The highest BCUT2D eigenvalue weighted by Crippen LogP contribution is 2.31. The van der Waals surface area contributed by atoms with E-state index in [-0.39, 0.29) is 18.4 Å². The summed E-state index contributed by atoms with van der Waals surface area (Å²) in [4.78, 5) is 30.4. The van der Waals surface area contributed by atoms with E-state index in [1.807, 2.05) is 6.07 Å². The van der Waals surface area contributed by atoms with Crippen LogP contribution in [0.4, 0.5) is 5.82 Å². The molecule has 1 amide bonds. The van der Waals surface area contributed by atoms with Crippen molar-refractivity contribution in [3.63, 3.8) is 0 Å². The van der Waals surface area contributed by atoms with Gasteiger partial charge in [-0.25, -0.2) is 9.78 Å². The lowest BCUT2D eigenvalue weighted by Gasteiger charge is -2.29. The number of carbonyl (C=O) groups is 2. The van der Waals surface area contributed by atoms with Gasteiger partial charge in [-0.2, -0.15) is 5.26 Å². The lowest BCUT2D eigenvalue weighted by atomic mass is 9.97. The number of aromatic nitrogens is 1. The predicted molar refractivity (Wildman–Crippen MR) is 88.2 cm³/mol. The molecule has 7 nitrogen and oxygen atoms in total. The summed E-state index contributed by atoms with van der Waals surface area (Å²) in [6.07, 6.45) is 4.46. The molecule has 0 aliphatic heterocycles. The second-order valence-corrected chi connectivity index (χ2v) is 5.93. The van der Waals surface area contributed by atoms with Gasteiger partial charge in [0.1, 0.15) is 17.4 Å². The van der Waals surface area contributed by atoms with Crippen molar-refractivity contribution < 1.29 is 14.3 Å². The maximum absolute atomic E-state index is 12.4. The summed E-state index contributed by atoms with van der Waals surface area (Å²) in [6.45, 7) is 2.12.